The molecule has 0 atom stereocenters. The van der Waals surface area contributed by atoms with E-state index < -0.39 is 0 Å². The van der Waals surface area contributed by atoms with Gasteiger partial charge >= 0.3 is 0 Å². The Balaban J connectivity index is 2.32. The smallest absolute Gasteiger partial charge is 0.0436 e. The van der Waals surface area contributed by atoms with Gasteiger partial charge in [-0.3, -0.25) is 4.98 Å². The van der Waals surface area contributed by atoms with Crippen LogP contribution in [0.3, 0.4) is 0 Å². The zero-order valence-electron chi connectivity index (χ0n) is 8.17. The van der Waals surface area contributed by atoms with E-state index in [0.29, 0.717) is 0 Å². The Hall–Kier alpha value is -0.410. The lowest BCUT2D eigenvalue weighted by Gasteiger charge is -2.34. The van der Waals surface area contributed by atoms with Gasteiger partial charge in [-0.05, 0) is 18.9 Å². The van der Waals surface area contributed by atoms with Crippen molar-refractivity contribution in [2.24, 2.45) is 5.73 Å². The van der Waals surface area contributed by atoms with Gasteiger partial charge in [-0.1, -0.05) is 35.2 Å². The van der Waals surface area contributed by atoms with Crippen molar-refractivity contribution >= 4 is 15.9 Å². The Morgan fingerprint density at radius 1 is 1.29 bits per heavy atom. The Kier molecular flexibility index (Phi) is 2.88. The second-order valence-electron chi connectivity index (χ2n) is 4.07. The van der Waals surface area contributed by atoms with Crippen LogP contribution in [0.2, 0.25) is 0 Å². The molecule has 1 aromatic rings. The molecule has 3 heteroatoms. The van der Waals surface area contributed by atoms with Crippen LogP contribution in [0, 0.1) is 0 Å². The van der Waals surface area contributed by atoms with Gasteiger partial charge in [-0.15, -0.1) is 0 Å². The number of rotatable bonds is 1. The largest absolute Gasteiger partial charge is 0.321 e. The minimum Gasteiger partial charge on any atom is -0.321 e. The topological polar surface area (TPSA) is 38.9 Å². The molecule has 2 nitrogen and oxygen atoms in total. The number of pyridine rings is 1. The lowest BCUT2D eigenvalue weighted by molar-refractivity contribution is 0.300. The maximum atomic E-state index is 6.41. The minimum absolute atomic E-state index is 0.147. The van der Waals surface area contributed by atoms with Crippen molar-refractivity contribution in [2.75, 3.05) is 0 Å². The summed E-state index contributed by atoms with van der Waals surface area (Å²) in [6.45, 7) is 0. The van der Waals surface area contributed by atoms with E-state index in [-0.39, 0.29) is 5.54 Å². The van der Waals surface area contributed by atoms with Gasteiger partial charge in [-0.25, -0.2) is 0 Å². The van der Waals surface area contributed by atoms with E-state index in [1.54, 1.807) is 6.20 Å². The molecule has 0 bridgehead atoms. The van der Waals surface area contributed by atoms with Crippen molar-refractivity contribution in [1.82, 2.24) is 4.98 Å². The third kappa shape index (κ3) is 1.84. The molecule has 1 aliphatic carbocycles. The molecule has 1 aromatic heterocycles. The van der Waals surface area contributed by atoms with Crippen molar-refractivity contribution in [3.8, 4) is 0 Å². The lowest BCUT2D eigenvalue weighted by Crippen LogP contribution is -2.39. The van der Waals surface area contributed by atoms with E-state index in [4.69, 9.17) is 5.73 Å². The van der Waals surface area contributed by atoms with Crippen LogP contribution in [-0.2, 0) is 5.54 Å². The SMILES string of the molecule is NC1(c2cnccc2Br)CCCCC1. The van der Waals surface area contributed by atoms with E-state index in [0.717, 1.165) is 17.3 Å². The van der Waals surface area contributed by atoms with E-state index in [1.165, 1.54) is 24.8 Å². The number of halogens is 1. The van der Waals surface area contributed by atoms with Crippen LogP contribution < -0.4 is 5.73 Å². The predicted octanol–water partition coefficient (Wildman–Crippen LogP) is 2.96. The molecule has 1 saturated carbocycles. The van der Waals surface area contributed by atoms with Gasteiger partial charge in [0.15, 0.2) is 0 Å². The van der Waals surface area contributed by atoms with E-state index in [1.807, 2.05) is 12.3 Å². The molecule has 1 fully saturated rings. The summed E-state index contributed by atoms with van der Waals surface area (Å²) in [5.41, 5.74) is 7.43. The molecule has 1 heterocycles. The molecule has 0 aromatic carbocycles. The minimum atomic E-state index is -0.147. The van der Waals surface area contributed by atoms with Gasteiger partial charge in [0.05, 0.1) is 0 Å². The zero-order chi connectivity index (χ0) is 10.0. The van der Waals surface area contributed by atoms with Crippen LogP contribution in [-0.4, -0.2) is 4.98 Å². The molecule has 0 saturated heterocycles. The molecule has 2 N–H and O–H groups in total. The average Bonchev–Trinajstić information content (AvgIpc) is 2.19. The quantitative estimate of drug-likeness (QED) is 0.837. The van der Waals surface area contributed by atoms with Crippen molar-refractivity contribution in [2.45, 2.75) is 37.6 Å². The first-order valence-corrected chi connectivity index (χ1v) is 5.90. The number of hydrogen-bond donors (Lipinski definition) is 1. The second-order valence-corrected chi connectivity index (χ2v) is 4.93. The Morgan fingerprint density at radius 3 is 2.64 bits per heavy atom. The molecule has 0 unspecified atom stereocenters. The van der Waals surface area contributed by atoms with E-state index in [2.05, 4.69) is 20.9 Å². The van der Waals surface area contributed by atoms with Crippen molar-refractivity contribution in [3.05, 3.63) is 28.5 Å². The Bertz CT molecular complexity index is 319. The number of nitrogens with zero attached hydrogens (tertiary/aromatic N) is 1. The van der Waals surface area contributed by atoms with Gasteiger partial charge in [0.25, 0.3) is 0 Å². The molecule has 0 spiro atoms. The second kappa shape index (κ2) is 3.99. The average molecular weight is 255 g/mol. The third-order valence-electron chi connectivity index (χ3n) is 3.05. The van der Waals surface area contributed by atoms with Crippen LogP contribution in [0.15, 0.2) is 22.9 Å². The van der Waals surface area contributed by atoms with Gasteiger partial charge < -0.3 is 5.73 Å². The van der Waals surface area contributed by atoms with Crippen molar-refractivity contribution in [1.29, 1.82) is 0 Å². The normalized spacial score (nSPS) is 20.7. The summed E-state index contributed by atoms with van der Waals surface area (Å²) in [6.07, 6.45) is 9.64. The molecule has 1 aliphatic rings. The Morgan fingerprint density at radius 2 is 2.00 bits per heavy atom. The summed E-state index contributed by atoms with van der Waals surface area (Å²) in [5, 5.41) is 0. The summed E-state index contributed by atoms with van der Waals surface area (Å²) in [5.74, 6) is 0. The fourth-order valence-electron chi connectivity index (χ4n) is 2.20. The molecule has 0 aliphatic heterocycles. The molecule has 2 rings (SSSR count). The number of aromatic nitrogens is 1. The van der Waals surface area contributed by atoms with E-state index >= 15 is 0 Å². The van der Waals surface area contributed by atoms with Gasteiger partial charge in [0.2, 0.25) is 0 Å². The fraction of sp³-hybridized carbons (Fsp3) is 0.545. The highest BCUT2D eigenvalue weighted by molar-refractivity contribution is 9.10. The molecular weight excluding hydrogens is 240 g/mol. The first-order valence-electron chi connectivity index (χ1n) is 5.11. The summed E-state index contributed by atoms with van der Waals surface area (Å²) >= 11 is 3.55. The first kappa shape index (κ1) is 10.1. The maximum Gasteiger partial charge on any atom is 0.0436 e. The van der Waals surface area contributed by atoms with Gasteiger partial charge in [0.1, 0.15) is 0 Å². The maximum absolute atomic E-state index is 6.41. The molecule has 76 valence electrons. The van der Waals surface area contributed by atoms with Crippen LogP contribution in [0.4, 0.5) is 0 Å². The van der Waals surface area contributed by atoms with Crippen molar-refractivity contribution < 1.29 is 0 Å². The number of hydrogen-bond acceptors (Lipinski definition) is 2. The summed E-state index contributed by atoms with van der Waals surface area (Å²) in [7, 11) is 0. The first-order chi connectivity index (χ1) is 6.72. The van der Waals surface area contributed by atoms with Crippen LogP contribution >= 0.6 is 15.9 Å². The predicted molar refractivity (Wildman–Crippen MR) is 60.9 cm³/mol. The summed E-state index contributed by atoms with van der Waals surface area (Å²) < 4.78 is 1.09. The molecule has 0 radical (unpaired) electrons. The van der Waals surface area contributed by atoms with Crippen LogP contribution in [0.5, 0.6) is 0 Å². The summed E-state index contributed by atoms with van der Waals surface area (Å²) in [4.78, 5) is 4.16. The fourth-order valence-corrected chi connectivity index (χ4v) is 2.81. The zero-order valence-corrected chi connectivity index (χ0v) is 9.76. The lowest BCUT2D eigenvalue weighted by atomic mass is 9.78. The highest BCUT2D eigenvalue weighted by atomic mass is 79.9. The Labute approximate surface area is 93.0 Å². The van der Waals surface area contributed by atoms with Crippen molar-refractivity contribution in [3.63, 3.8) is 0 Å². The van der Waals surface area contributed by atoms with E-state index in [9.17, 15) is 0 Å². The highest BCUT2D eigenvalue weighted by Gasteiger charge is 2.31. The molecule has 14 heavy (non-hydrogen) atoms. The monoisotopic (exact) mass is 254 g/mol. The molecule has 0 amide bonds. The highest BCUT2D eigenvalue weighted by Crippen LogP contribution is 2.37. The summed E-state index contributed by atoms with van der Waals surface area (Å²) in [6, 6.07) is 1.97. The van der Waals surface area contributed by atoms with Crippen LogP contribution in [0.25, 0.3) is 0 Å². The number of nitrogens with two attached hydrogens (primary N) is 1. The van der Waals surface area contributed by atoms with Crippen LogP contribution in [0.1, 0.15) is 37.7 Å². The third-order valence-corrected chi connectivity index (χ3v) is 3.74. The standard InChI is InChI=1S/C11H15BrN2/c12-10-4-7-14-8-9(10)11(13)5-2-1-3-6-11/h4,7-8H,1-3,5-6,13H2. The molecular formula is C11H15BrN2. The van der Waals surface area contributed by atoms with Gasteiger partial charge in [-0.2, -0.15) is 0 Å². The van der Waals surface area contributed by atoms with Gasteiger partial charge in [0, 0.05) is 28.0 Å².